The van der Waals surface area contributed by atoms with Crippen LogP contribution in [0.4, 0.5) is 5.69 Å². The molecule has 1 amide bonds. The van der Waals surface area contributed by atoms with Crippen LogP contribution < -0.4 is 10.9 Å². The van der Waals surface area contributed by atoms with Crippen molar-refractivity contribution in [3.63, 3.8) is 0 Å². The maximum Gasteiger partial charge on any atom is 0.269 e. The van der Waals surface area contributed by atoms with Gasteiger partial charge >= 0.3 is 0 Å². The van der Waals surface area contributed by atoms with Crippen molar-refractivity contribution in [2.45, 2.75) is 39.5 Å². The molecule has 0 atom stereocenters. The molecular formula is C18H20N4O2S. The fraction of sp³-hybridized carbons (Fsp3) is 0.333. The minimum absolute atomic E-state index is 0.128. The number of H-pyrrole nitrogens is 1. The maximum atomic E-state index is 12.5. The van der Waals surface area contributed by atoms with Gasteiger partial charge in [0.25, 0.3) is 5.91 Å². The minimum atomic E-state index is -0.218. The summed E-state index contributed by atoms with van der Waals surface area (Å²) < 4.78 is 3.88. The zero-order chi connectivity index (χ0) is 17.8. The summed E-state index contributed by atoms with van der Waals surface area (Å²) in [7, 11) is 0. The van der Waals surface area contributed by atoms with Crippen molar-refractivity contribution in [1.29, 1.82) is 0 Å². The first-order valence-electron chi connectivity index (χ1n) is 8.41. The molecule has 2 N–H and O–H groups in total. The van der Waals surface area contributed by atoms with Crippen LogP contribution in [0.5, 0.6) is 0 Å². The number of nitrogens with one attached hydrogen (secondary N) is 2. The van der Waals surface area contributed by atoms with Gasteiger partial charge in [0.2, 0.25) is 5.56 Å². The van der Waals surface area contributed by atoms with Crippen molar-refractivity contribution in [2.75, 3.05) is 5.32 Å². The third kappa shape index (κ3) is 3.76. The number of benzene rings is 1. The van der Waals surface area contributed by atoms with Crippen LogP contribution in [-0.2, 0) is 12.8 Å². The fourth-order valence-electron chi connectivity index (χ4n) is 2.86. The van der Waals surface area contributed by atoms with E-state index in [1.54, 1.807) is 12.1 Å². The van der Waals surface area contributed by atoms with E-state index < -0.39 is 0 Å². The number of fused-ring (bicyclic) bond motifs is 1. The normalized spacial score (nSPS) is 11.0. The first-order chi connectivity index (χ1) is 12.1. The average molecular weight is 356 g/mol. The number of carbonyl (C=O) groups excluding carboxylic acids is 1. The lowest BCUT2D eigenvalue weighted by atomic mass is 10.0. The van der Waals surface area contributed by atoms with Crippen molar-refractivity contribution in [2.24, 2.45) is 0 Å². The topological polar surface area (TPSA) is 87.7 Å². The number of pyridine rings is 1. The van der Waals surface area contributed by atoms with Crippen LogP contribution in [0.15, 0.2) is 29.1 Å². The summed E-state index contributed by atoms with van der Waals surface area (Å²) >= 11 is 1.10. The average Bonchev–Trinajstić information content (AvgIpc) is 3.03. The van der Waals surface area contributed by atoms with Crippen LogP contribution in [0.1, 0.15) is 47.6 Å². The lowest BCUT2D eigenvalue weighted by molar-refractivity contribution is 0.102. The minimum Gasteiger partial charge on any atom is -0.322 e. The maximum absolute atomic E-state index is 12.5. The number of hydrogen-bond acceptors (Lipinski definition) is 5. The smallest absolute Gasteiger partial charge is 0.269 e. The number of carbonyl (C=O) groups is 1. The molecular weight excluding hydrogens is 336 g/mol. The van der Waals surface area contributed by atoms with Gasteiger partial charge in [-0.15, -0.1) is 5.10 Å². The monoisotopic (exact) mass is 356 g/mol. The van der Waals surface area contributed by atoms with Crippen LogP contribution in [0.3, 0.4) is 0 Å². The summed E-state index contributed by atoms with van der Waals surface area (Å²) in [5.41, 5.74) is 2.99. The molecule has 25 heavy (non-hydrogen) atoms. The molecule has 6 nitrogen and oxygen atoms in total. The molecule has 130 valence electrons. The molecule has 0 saturated carbocycles. The van der Waals surface area contributed by atoms with E-state index in [-0.39, 0.29) is 11.5 Å². The van der Waals surface area contributed by atoms with Gasteiger partial charge in [0.1, 0.15) is 4.88 Å². The predicted molar refractivity (Wildman–Crippen MR) is 100 cm³/mol. The van der Waals surface area contributed by atoms with E-state index in [0.29, 0.717) is 10.6 Å². The van der Waals surface area contributed by atoms with Crippen LogP contribution >= 0.6 is 11.5 Å². The largest absolute Gasteiger partial charge is 0.322 e. The molecule has 0 spiro atoms. The van der Waals surface area contributed by atoms with E-state index in [1.807, 2.05) is 19.1 Å². The Morgan fingerprint density at radius 2 is 2.00 bits per heavy atom. The van der Waals surface area contributed by atoms with E-state index >= 15 is 0 Å². The summed E-state index contributed by atoms with van der Waals surface area (Å²) in [4.78, 5) is 27.7. The van der Waals surface area contributed by atoms with Gasteiger partial charge in [0.15, 0.2) is 0 Å². The summed E-state index contributed by atoms with van der Waals surface area (Å²) in [6.45, 7) is 4.12. The Balaban J connectivity index is 1.90. The lowest BCUT2D eigenvalue weighted by Gasteiger charge is -2.09. The van der Waals surface area contributed by atoms with E-state index in [9.17, 15) is 9.59 Å². The number of nitrogens with zero attached hydrogens (tertiary/aromatic N) is 2. The van der Waals surface area contributed by atoms with Crippen molar-refractivity contribution < 1.29 is 4.79 Å². The highest BCUT2D eigenvalue weighted by Crippen LogP contribution is 2.22. The molecule has 0 radical (unpaired) electrons. The van der Waals surface area contributed by atoms with Crippen LogP contribution in [0.2, 0.25) is 0 Å². The number of aromatic amines is 1. The molecule has 3 rings (SSSR count). The first-order valence-corrected chi connectivity index (χ1v) is 9.18. The van der Waals surface area contributed by atoms with Crippen LogP contribution in [-0.4, -0.2) is 20.5 Å². The highest BCUT2D eigenvalue weighted by Gasteiger charge is 2.16. The second-order valence-electron chi connectivity index (χ2n) is 5.92. The Hall–Kier alpha value is -2.54. The van der Waals surface area contributed by atoms with Gasteiger partial charge in [-0.05, 0) is 42.1 Å². The predicted octanol–water partition coefficient (Wildman–Crippen LogP) is 3.54. The Morgan fingerprint density at radius 3 is 2.76 bits per heavy atom. The molecule has 2 heterocycles. The number of aryl methyl sites for hydroxylation is 2. The molecule has 0 fully saturated rings. The summed E-state index contributed by atoms with van der Waals surface area (Å²) in [6, 6.07) is 7.22. The number of amides is 1. The third-order valence-corrected chi connectivity index (χ3v) is 4.72. The Bertz CT molecular complexity index is 961. The SMILES string of the molecule is CCCc1nnsc1C(=O)Nc1ccc2c(CCC)cc(=O)[nH]c2c1. The second kappa shape index (κ2) is 7.57. The molecule has 3 aromatic rings. The molecule has 0 aliphatic rings. The quantitative estimate of drug-likeness (QED) is 0.707. The van der Waals surface area contributed by atoms with E-state index in [1.165, 1.54) is 0 Å². The standard InChI is InChI=1S/C18H20N4O2S/c1-3-5-11-9-16(23)20-15-10-12(7-8-13(11)15)19-18(24)17-14(6-4-2)21-22-25-17/h7-10H,3-6H2,1-2H3,(H,19,24)(H,20,23). The molecule has 0 unspecified atom stereocenters. The van der Waals surface area contributed by atoms with Crippen molar-refractivity contribution in [3.8, 4) is 0 Å². The van der Waals surface area contributed by atoms with Gasteiger partial charge in [-0.2, -0.15) is 0 Å². The van der Waals surface area contributed by atoms with Gasteiger partial charge in [-0.25, -0.2) is 0 Å². The molecule has 2 aromatic heterocycles. The summed E-state index contributed by atoms with van der Waals surface area (Å²) in [5.74, 6) is -0.218. The van der Waals surface area contributed by atoms with Crippen molar-refractivity contribution in [1.82, 2.24) is 14.6 Å². The van der Waals surface area contributed by atoms with Crippen molar-refractivity contribution >= 4 is 34.0 Å². The molecule has 0 aliphatic heterocycles. The second-order valence-corrected chi connectivity index (χ2v) is 6.68. The van der Waals surface area contributed by atoms with Gasteiger partial charge < -0.3 is 10.3 Å². The zero-order valence-corrected chi connectivity index (χ0v) is 15.1. The molecule has 0 aliphatic carbocycles. The van der Waals surface area contributed by atoms with Gasteiger partial charge in [-0.1, -0.05) is 37.2 Å². The lowest BCUT2D eigenvalue weighted by Crippen LogP contribution is -2.13. The number of anilines is 1. The summed E-state index contributed by atoms with van der Waals surface area (Å²) in [6.07, 6.45) is 3.45. The van der Waals surface area contributed by atoms with Crippen molar-refractivity contribution in [3.05, 3.63) is 50.8 Å². The first kappa shape index (κ1) is 17.3. The highest BCUT2D eigenvalue weighted by atomic mass is 32.1. The van der Waals surface area contributed by atoms with Gasteiger partial charge in [0, 0.05) is 17.1 Å². The molecule has 1 aromatic carbocycles. The number of hydrogen-bond donors (Lipinski definition) is 2. The Labute approximate surface area is 149 Å². The number of aromatic nitrogens is 3. The molecule has 7 heteroatoms. The van der Waals surface area contributed by atoms with Crippen LogP contribution in [0, 0.1) is 0 Å². The third-order valence-electron chi connectivity index (χ3n) is 3.95. The number of rotatable bonds is 6. The molecule has 0 saturated heterocycles. The van der Waals surface area contributed by atoms with Gasteiger partial charge in [0.05, 0.1) is 11.2 Å². The van der Waals surface area contributed by atoms with Gasteiger partial charge in [-0.3, -0.25) is 9.59 Å². The Morgan fingerprint density at radius 1 is 1.20 bits per heavy atom. The fourth-order valence-corrected chi connectivity index (χ4v) is 3.46. The molecule has 0 bridgehead atoms. The van der Waals surface area contributed by atoms with E-state index in [0.717, 1.165) is 59.4 Å². The van der Waals surface area contributed by atoms with Crippen LogP contribution in [0.25, 0.3) is 10.9 Å². The summed E-state index contributed by atoms with van der Waals surface area (Å²) in [5, 5.41) is 7.90. The highest BCUT2D eigenvalue weighted by molar-refractivity contribution is 7.08. The zero-order valence-electron chi connectivity index (χ0n) is 14.3. The van der Waals surface area contributed by atoms with E-state index in [2.05, 4.69) is 26.8 Å². The van der Waals surface area contributed by atoms with E-state index in [4.69, 9.17) is 0 Å². The Kier molecular flexibility index (Phi) is 5.23.